The Kier molecular flexibility index (Phi) is 10.0. The summed E-state index contributed by atoms with van der Waals surface area (Å²) in [6.45, 7) is 9.85. The minimum Gasteiger partial charge on any atom is -0.496 e. The molecule has 1 aromatic rings. The minimum absolute atomic E-state index is 0.639. The molecule has 0 radical (unpaired) electrons. The molecule has 0 atom stereocenters. The lowest BCUT2D eigenvalue weighted by atomic mass is 10.0. The Hall–Kier alpha value is -1.79. The first kappa shape index (κ1) is 21.5. The number of guanidine groups is 1. The van der Waals surface area contributed by atoms with Gasteiger partial charge in [-0.25, -0.2) is 4.99 Å². The van der Waals surface area contributed by atoms with Crippen LogP contribution in [0.5, 0.6) is 5.75 Å². The second kappa shape index (κ2) is 12.6. The third-order valence-corrected chi connectivity index (χ3v) is 4.68. The molecule has 6 heteroatoms. The van der Waals surface area contributed by atoms with Crippen molar-refractivity contribution < 1.29 is 14.2 Å². The Labute approximate surface area is 163 Å². The van der Waals surface area contributed by atoms with E-state index in [2.05, 4.69) is 41.6 Å². The fraction of sp³-hybridized carbons (Fsp3) is 0.667. The Morgan fingerprint density at radius 1 is 1.26 bits per heavy atom. The normalized spacial score (nSPS) is 15.6. The van der Waals surface area contributed by atoms with E-state index in [4.69, 9.17) is 14.2 Å². The Morgan fingerprint density at radius 3 is 2.78 bits per heavy atom. The van der Waals surface area contributed by atoms with Crippen molar-refractivity contribution in [3.63, 3.8) is 0 Å². The standard InChI is InChI=1S/C21H35N3O3/c1-4-22-21(24-15-19-6-7-20(25-3)17(2)14-19)23-10-5-11-27-16-18-8-12-26-13-9-18/h6-7,14,18H,4-5,8-13,15-16H2,1-3H3,(H2,22,23,24). The van der Waals surface area contributed by atoms with E-state index in [0.29, 0.717) is 12.5 Å². The molecule has 0 spiro atoms. The van der Waals surface area contributed by atoms with Crippen LogP contribution in [0.1, 0.15) is 37.3 Å². The van der Waals surface area contributed by atoms with Crippen LogP contribution in [-0.4, -0.2) is 52.6 Å². The molecule has 0 amide bonds. The van der Waals surface area contributed by atoms with Gasteiger partial charge in [-0.2, -0.15) is 0 Å². The Bertz CT molecular complexity index is 572. The molecule has 1 aliphatic heterocycles. The maximum Gasteiger partial charge on any atom is 0.191 e. The number of aryl methyl sites for hydroxylation is 1. The highest BCUT2D eigenvalue weighted by atomic mass is 16.5. The van der Waals surface area contributed by atoms with Gasteiger partial charge in [-0.3, -0.25) is 0 Å². The summed E-state index contributed by atoms with van der Waals surface area (Å²) in [7, 11) is 1.70. The van der Waals surface area contributed by atoms with Gasteiger partial charge in [-0.15, -0.1) is 0 Å². The number of nitrogens with one attached hydrogen (secondary N) is 2. The van der Waals surface area contributed by atoms with Crippen molar-refractivity contribution >= 4 is 5.96 Å². The van der Waals surface area contributed by atoms with Crippen LogP contribution in [0, 0.1) is 12.8 Å². The molecule has 1 fully saturated rings. The smallest absolute Gasteiger partial charge is 0.191 e. The van der Waals surface area contributed by atoms with Gasteiger partial charge in [-0.1, -0.05) is 12.1 Å². The third kappa shape index (κ3) is 8.18. The van der Waals surface area contributed by atoms with Gasteiger partial charge < -0.3 is 24.8 Å². The molecule has 27 heavy (non-hydrogen) atoms. The molecule has 0 unspecified atom stereocenters. The molecule has 2 rings (SSSR count). The molecule has 0 bridgehead atoms. The topological polar surface area (TPSA) is 64.1 Å². The van der Waals surface area contributed by atoms with Crippen molar-refractivity contribution in [2.24, 2.45) is 10.9 Å². The monoisotopic (exact) mass is 377 g/mol. The zero-order chi connectivity index (χ0) is 19.3. The van der Waals surface area contributed by atoms with Gasteiger partial charge in [0.2, 0.25) is 0 Å². The second-order valence-corrected chi connectivity index (χ2v) is 6.91. The third-order valence-electron chi connectivity index (χ3n) is 4.68. The van der Waals surface area contributed by atoms with Gasteiger partial charge in [0.15, 0.2) is 5.96 Å². The van der Waals surface area contributed by atoms with E-state index < -0.39 is 0 Å². The van der Waals surface area contributed by atoms with Crippen molar-refractivity contribution in [2.75, 3.05) is 46.6 Å². The van der Waals surface area contributed by atoms with Gasteiger partial charge in [0, 0.05) is 39.5 Å². The molecular weight excluding hydrogens is 342 g/mol. The maximum absolute atomic E-state index is 5.81. The van der Waals surface area contributed by atoms with Crippen LogP contribution in [-0.2, 0) is 16.0 Å². The van der Waals surface area contributed by atoms with Gasteiger partial charge in [0.25, 0.3) is 0 Å². The van der Waals surface area contributed by atoms with Gasteiger partial charge >= 0.3 is 0 Å². The molecule has 1 aliphatic rings. The molecule has 1 aromatic carbocycles. The number of aliphatic imine (C=N–C) groups is 1. The first-order valence-corrected chi connectivity index (χ1v) is 10.0. The molecule has 0 saturated carbocycles. The van der Waals surface area contributed by atoms with E-state index in [-0.39, 0.29) is 0 Å². The number of hydrogen-bond donors (Lipinski definition) is 2. The van der Waals surface area contributed by atoms with Crippen molar-refractivity contribution in [2.45, 2.75) is 39.7 Å². The summed E-state index contributed by atoms with van der Waals surface area (Å²) in [4.78, 5) is 4.67. The van der Waals surface area contributed by atoms with E-state index in [0.717, 1.165) is 76.1 Å². The number of nitrogens with zero attached hydrogens (tertiary/aromatic N) is 1. The van der Waals surface area contributed by atoms with Crippen LogP contribution in [0.15, 0.2) is 23.2 Å². The zero-order valence-electron chi connectivity index (χ0n) is 17.1. The zero-order valence-corrected chi connectivity index (χ0v) is 17.1. The molecule has 1 saturated heterocycles. The summed E-state index contributed by atoms with van der Waals surface area (Å²) in [5, 5.41) is 6.67. The highest BCUT2D eigenvalue weighted by Crippen LogP contribution is 2.18. The predicted molar refractivity (Wildman–Crippen MR) is 110 cm³/mol. The molecular formula is C21H35N3O3. The van der Waals surface area contributed by atoms with Crippen LogP contribution < -0.4 is 15.4 Å². The Balaban J connectivity index is 1.67. The maximum atomic E-state index is 5.81. The fourth-order valence-electron chi connectivity index (χ4n) is 3.10. The van der Waals surface area contributed by atoms with Crippen molar-refractivity contribution in [3.05, 3.63) is 29.3 Å². The summed E-state index contributed by atoms with van der Waals surface area (Å²) < 4.78 is 16.5. The minimum atomic E-state index is 0.639. The molecule has 0 aliphatic carbocycles. The average molecular weight is 378 g/mol. The van der Waals surface area contributed by atoms with Gasteiger partial charge in [0.05, 0.1) is 13.7 Å². The number of rotatable bonds is 10. The highest BCUT2D eigenvalue weighted by molar-refractivity contribution is 5.79. The number of benzene rings is 1. The van der Waals surface area contributed by atoms with Gasteiger partial charge in [0.1, 0.15) is 5.75 Å². The lowest BCUT2D eigenvalue weighted by Gasteiger charge is -2.21. The first-order chi connectivity index (χ1) is 13.2. The van der Waals surface area contributed by atoms with Crippen molar-refractivity contribution in [1.82, 2.24) is 10.6 Å². The molecule has 0 aromatic heterocycles. The van der Waals surface area contributed by atoms with Crippen LogP contribution in [0.4, 0.5) is 0 Å². The van der Waals surface area contributed by atoms with E-state index in [1.54, 1.807) is 7.11 Å². The molecule has 152 valence electrons. The first-order valence-electron chi connectivity index (χ1n) is 10.0. The second-order valence-electron chi connectivity index (χ2n) is 6.91. The number of methoxy groups -OCH3 is 1. The quantitative estimate of drug-likeness (QED) is 0.373. The summed E-state index contributed by atoms with van der Waals surface area (Å²) in [6, 6.07) is 6.18. The van der Waals surface area contributed by atoms with Crippen LogP contribution in [0.2, 0.25) is 0 Å². The van der Waals surface area contributed by atoms with Crippen LogP contribution in [0.3, 0.4) is 0 Å². The van der Waals surface area contributed by atoms with E-state index in [9.17, 15) is 0 Å². The SMILES string of the molecule is CCNC(=NCc1ccc(OC)c(C)c1)NCCCOCC1CCOCC1. The fourth-order valence-corrected chi connectivity index (χ4v) is 3.10. The van der Waals surface area contributed by atoms with Crippen molar-refractivity contribution in [1.29, 1.82) is 0 Å². The highest BCUT2D eigenvalue weighted by Gasteiger charge is 2.13. The van der Waals surface area contributed by atoms with Crippen molar-refractivity contribution in [3.8, 4) is 5.75 Å². The van der Waals surface area contributed by atoms with Crippen LogP contribution in [0.25, 0.3) is 0 Å². The van der Waals surface area contributed by atoms with Crippen LogP contribution >= 0.6 is 0 Å². The average Bonchev–Trinajstić information content (AvgIpc) is 2.69. The molecule has 2 N–H and O–H groups in total. The summed E-state index contributed by atoms with van der Waals surface area (Å²) >= 11 is 0. The van der Waals surface area contributed by atoms with E-state index in [1.807, 2.05) is 6.07 Å². The summed E-state index contributed by atoms with van der Waals surface area (Å²) in [5.74, 6) is 2.42. The van der Waals surface area contributed by atoms with Gasteiger partial charge in [-0.05, 0) is 56.2 Å². The predicted octanol–water partition coefficient (Wildman–Crippen LogP) is 2.89. The largest absolute Gasteiger partial charge is 0.496 e. The van der Waals surface area contributed by atoms with E-state index in [1.165, 1.54) is 5.56 Å². The lowest BCUT2D eigenvalue weighted by molar-refractivity contribution is 0.0203. The number of ether oxygens (including phenoxy) is 3. The Morgan fingerprint density at radius 2 is 2.07 bits per heavy atom. The van der Waals surface area contributed by atoms with E-state index >= 15 is 0 Å². The number of hydrogen-bond acceptors (Lipinski definition) is 4. The molecule has 6 nitrogen and oxygen atoms in total. The summed E-state index contributed by atoms with van der Waals surface area (Å²) in [5.41, 5.74) is 2.30. The lowest BCUT2D eigenvalue weighted by Crippen LogP contribution is -2.38. The molecule has 1 heterocycles. The summed E-state index contributed by atoms with van der Waals surface area (Å²) in [6.07, 6.45) is 3.22.